The Morgan fingerprint density at radius 1 is 1.23 bits per heavy atom. The molecule has 0 saturated heterocycles. The van der Waals surface area contributed by atoms with Gasteiger partial charge in [-0.3, -0.25) is 14.8 Å². The standard InChI is InChI=1S/C21H18F2N4O2S2/c1-3-27-8-15(12(2)26-27)17-11-31-21(24-17)25-20(28)19-6-13(10-30-19)9-29-18-5-4-14(22)7-16(18)23/h4-8,10-11H,3,9H2,1-2H3,(H,24,25,28). The van der Waals surface area contributed by atoms with Crippen molar-refractivity contribution in [3.8, 4) is 17.0 Å². The van der Waals surface area contributed by atoms with E-state index in [2.05, 4.69) is 15.4 Å². The van der Waals surface area contributed by atoms with Crippen LogP contribution in [0.2, 0.25) is 0 Å². The zero-order valence-corrected chi connectivity index (χ0v) is 18.3. The first kappa shape index (κ1) is 21.1. The van der Waals surface area contributed by atoms with Gasteiger partial charge in [-0.05, 0) is 37.4 Å². The number of aryl methyl sites for hydroxylation is 2. The molecule has 0 unspecified atom stereocenters. The Labute approximate surface area is 185 Å². The van der Waals surface area contributed by atoms with Gasteiger partial charge in [0.2, 0.25) is 0 Å². The Hall–Kier alpha value is -3.11. The van der Waals surface area contributed by atoms with Crippen molar-refractivity contribution in [2.24, 2.45) is 0 Å². The molecule has 3 aromatic heterocycles. The van der Waals surface area contributed by atoms with Crippen LogP contribution in [0, 0.1) is 18.6 Å². The number of nitrogens with zero attached hydrogens (tertiary/aromatic N) is 3. The largest absolute Gasteiger partial charge is 0.486 e. The molecule has 1 aromatic carbocycles. The number of rotatable bonds is 7. The number of anilines is 1. The molecule has 160 valence electrons. The van der Waals surface area contributed by atoms with Crippen LogP contribution in [-0.2, 0) is 13.2 Å². The number of aromatic nitrogens is 3. The van der Waals surface area contributed by atoms with E-state index in [4.69, 9.17) is 4.74 Å². The fraction of sp³-hybridized carbons (Fsp3) is 0.190. The summed E-state index contributed by atoms with van der Waals surface area (Å²) in [4.78, 5) is 17.5. The quantitative estimate of drug-likeness (QED) is 0.395. The number of halogens is 2. The third kappa shape index (κ3) is 4.80. The average Bonchev–Trinajstić information content (AvgIpc) is 3.47. The van der Waals surface area contributed by atoms with Crippen LogP contribution in [-0.4, -0.2) is 20.7 Å². The van der Waals surface area contributed by atoms with Crippen LogP contribution in [0.25, 0.3) is 11.3 Å². The molecule has 0 spiro atoms. The van der Waals surface area contributed by atoms with Crippen LogP contribution in [0.15, 0.2) is 41.2 Å². The van der Waals surface area contributed by atoms with Gasteiger partial charge < -0.3 is 4.74 Å². The van der Waals surface area contributed by atoms with E-state index in [1.54, 1.807) is 11.4 Å². The van der Waals surface area contributed by atoms with Gasteiger partial charge in [0.05, 0.1) is 16.3 Å². The van der Waals surface area contributed by atoms with Gasteiger partial charge >= 0.3 is 0 Å². The van der Waals surface area contributed by atoms with Gasteiger partial charge in [0, 0.05) is 35.3 Å². The molecular weight excluding hydrogens is 442 g/mol. The van der Waals surface area contributed by atoms with E-state index >= 15 is 0 Å². The van der Waals surface area contributed by atoms with E-state index in [1.165, 1.54) is 28.7 Å². The smallest absolute Gasteiger partial charge is 0.267 e. The number of hydrogen-bond donors (Lipinski definition) is 1. The van der Waals surface area contributed by atoms with Crippen molar-refractivity contribution < 1.29 is 18.3 Å². The Kier molecular flexibility index (Phi) is 6.10. The maximum atomic E-state index is 13.7. The molecule has 0 radical (unpaired) electrons. The minimum absolute atomic E-state index is 0.0457. The fourth-order valence-electron chi connectivity index (χ4n) is 2.87. The second kappa shape index (κ2) is 8.94. The molecule has 0 bridgehead atoms. The number of ether oxygens (including phenoxy) is 1. The Bertz CT molecular complexity index is 1230. The van der Waals surface area contributed by atoms with Crippen molar-refractivity contribution in [1.82, 2.24) is 14.8 Å². The molecule has 0 aliphatic rings. The lowest BCUT2D eigenvalue weighted by atomic mass is 10.2. The Morgan fingerprint density at radius 3 is 2.81 bits per heavy atom. The summed E-state index contributed by atoms with van der Waals surface area (Å²) in [6, 6.07) is 4.79. The molecule has 0 fully saturated rings. The molecule has 1 N–H and O–H groups in total. The van der Waals surface area contributed by atoms with Gasteiger partial charge in [0.1, 0.15) is 12.4 Å². The summed E-state index contributed by atoms with van der Waals surface area (Å²) in [7, 11) is 0. The number of benzene rings is 1. The van der Waals surface area contributed by atoms with Crippen LogP contribution in [0.5, 0.6) is 5.75 Å². The molecule has 0 aliphatic carbocycles. The topological polar surface area (TPSA) is 69.0 Å². The lowest BCUT2D eigenvalue weighted by Gasteiger charge is -2.05. The number of amides is 1. The number of hydrogen-bond acceptors (Lipinski definition) is 6. The van der Waals surface area contributed by atoms with E-state index in [0.717, 1.165) is 35.6 Å². The first-order valence-electron chi connectivity index (χ1n) is 9.39. The lowest BCUT2D eigenvalue weighted by Crippen LogP contribution is -2.09. The SMILES string of the molecule is CCn1cc(-c2csc(NC(=O)c3cc(COc4ccc(F)cc4F)cs3)n2)c(C)n1. The van der Waals surface area contributed by atoms with Gasteiger partial charge in [-0.25, -0.2) is 13.8 Å². The maximum absolute atomic E-state index is 13.7. The van der Waals surface area contributed by atoms with Crippen molar-refractivity contribution in [3.05, 3.63) is 69.0 Å². The van der Waals surface area contributed by atoms with Crippen molar-refractivity contribution in [3.63, 3.8) is 0 Å². The monoisotopic (exact) mass is 460 g/mol. The number of thiazole rings is 1. The molecule has 4 aromatic rings. The number of nitrogens with one attached hydrogen (secondary N) is 1. The van der Waals surface area contributed by atoms with E-state index in [1.807, 2.05) is 30.1 Å². The van der Waals surface area contributed by atoms with Gasteiger partial charge in [0.25, 0.3) is 5.91 Å². The molecule has 4 rings (SSSR count). The zero-order valence-electron chi connectivity index (χ0n) is 16.7. The summed E-state index contributed by atoms with van der Waals surface area (Å²) in [6.45, 7) is 4.77. The second-order valence-corrected chi connectivity index (χ2v) is 8.43. The van der Waals surface area contributed by atoms with E-state index in [0.29, 0.717) is 15.6 Å². The van der Waals surface area contributed by atoms with Gasteiger partial charge in [-0.1, -0.05) is 0 Å². The molecule has 0 aliphatic heterocycles. The minimum Gasteiger partial charge on any atom is -0.486 e. The van der Waals surface area contributed by atoms with Crippen molar-refractivity contribution >= 4 is 33.7 Å². The summed E-state index contributed by atoms with van der Waals surface area (Å²) in [5.41, 5.74) is 3.29. The zero-order chi connectivity index (χ0) is 22.0. The highest BCUT2D eigenvalue weighted by atomic mass is 32.1. The summed E-state index contributed by atoms with van der Waals surface area (Å²) in [5, 5.41) is 11.3. The molecule has 6 nitrogen and oxygen atoms in total. The average molecular weight is 461 g/mol. The number of thiophene rings is 1. The summed E-state index contributed by atoms with van der Waals surface area (Å²) < 4.78 is 33.9. The Morgan fingerprint density at radius 2 is 2.06 bits per heavy atom. The molecule has 31 heavy (non-hydrogen) atoms. The molecule has 10 heteroatoms. The lowest BCUT2D eigenvalue weighted by molar-refractivity contribution is 0.103. The summed E-state index contributed by atoms with van der Waals surface area (Å²) >= 11 is 2.59. The normalized spacial score (nSPS) is 11.0. The minimum atomic E-state index is -0.771. The molecular formula is C21H18F2N4O2S2. The maximum Gasteiger partial charge on any atom is 0.267 e. The molecule has 1 amide bonds. The van der Waals surface area contributed by atoms with E-state index in [-0.39, 0.29) is 18.3 Å². The van der Waals surface area contributed by atoms with Crippen molar-refractivity contribution in [2.75, 3.05) is 5.32 Å². The van der Waals surface area contributed by atoms with Gasteiger partial charge in [0.15, 0.2) is 16.7 Å². The predicted octanol–water partition coefficient (Wildman–Crippen LogP) is 5.51. The molecule has 3 heterocycles. The highest BCUT2D eigenvalue weighted by Gasteiger charge is 2.15. The fourth-order valence-corrected chi connectivity index (χ4v) is 4.37. The third-order valence-corrected chi connectivity index (χ3v) is 6.17. The summed E-state index contributed by atoms with van der Waals surface area (Å²) in [6.07, 6.45) is 1.94. The first-order chi connectivity index (χ1) is 14.9. The van der Waals surface area contributed by atoms with Crippen molar-refractivity contribution in [1.29, 1.82) is 0 Å². The van der Waals surface area contributed by atoms with Crippen LogP contribution in [0.3, 0.4) is 0 Å². The highest BCUT2D eigenvalue weighted by molar-refractivity contribution is 7.14. The van der Waals surface area contributed by atoms with Crippen molar-refractivity contribution in [2.45, 2.75) is 27.0 Å². The Balaban J connectivity index is 1.39. The van der Waals surface area contributed by atoms with Crippen LogP contribution in [0.1, 0.15) is 27.9 Å². The van der Waals surface area contributed by atoms with Crippen LogP contribution >= 0.6 is 22.7 Å². The van der Waals surface area contributed by atoms with Crippen LogP contribution in [0.4, 0.5) is 13.9 Å². The predicted molar refractivity (Wildman–Crippen MR) is 117 cm³/mol. The summed E-state index contributed by atoms with van der Waals surface area (Å²) in [5.74, 6) is -1.77. The number of carbonyl (C=O) groups is 1. The number of carbonyl (C=O) groups excluding carboxylic acids is 1. The van der Waals surface area contributed by atoms with E-state index in [9.17, 15) is 13.6 Å². The highest BCUT2D eigenvalue weighted by Crippen LogP contribution is 2.28. The molecule has 0 saturated carbocycles. The molecule has 0 atom stereocenters. The van der Waals surface area contributed by atoms with Crippen LogP contribution < -0.4 is 10.1 Å². The van der Waals surface area contributed by atoms with E-state index < -0.39 is 11.6 Å². The first-order valence-corrected chi connectivity index (χ1v) is 11.2. The third-order valence-electron chi connectivity index (χ3n) is 4.44. The van der Waals surface area contributed by atoms with Gasteiger partial charge in [-0.2, -0.15) is 5.10 Å². The van der Waals surface area contributed by atoms with Gasteiger partial charge in [-0.15, -0.1) is 22.7 Å². The second-order valence-electron chi connectivity index (χ2n) is 6.66.